The van der Waals surface area contributed by atoms with Gasteiger partial charge in [0.1, 0.15) is 0 Å². The van der Waals surface area contributed by atoms with Gasteiger partial charge in [0.2, 0.25) is 0 Å². The highest BCUT2D eigenvalue weighted by Gasteiger charge is 2.40. The van der Waals surface area contributed by atoms with Gasteiger partial charge in [0, 0.05) is 38.4 Å². The molecule has 3 aliphatic rings. The van der Waals surface area contributed by atoms with E-state index in [0.717, 1.165) is 44.5 Å². The maximum absolute atomic E-state index is 5.61. The zero-order valence-electron chi connectivity index (χ0n) is 13.9. The lowest BCUT2D eigenvalue weighted by Gasteiger charge is -2.45. The van der Waals surface area contributed by atoms with Crippen LogP contribution in [0.5, 0.6) is 0 Å². The summed E-state index contributed by atoms with van der Waals surface area (Å²) in [5.74, 6) is 1.76. The first-order valence-electron chi connectivity index (χ1n) is 8.53. The second-order valence-electron chi connectivity index (χ2n) is 6.92. The smallest absolute Gasteiger partial charge is 0.191 e. The van der Waals surface area contributed by atoms with Crippen LogP contribution in [-0.2, 0) is 4.74 Å². The summed E-state index contributed by atoms with van der Waals surface area (Å²) in [4.78, 5) is 7.08. The lowest BCUT2D eigenvalue weighted by atomic mass is 9.88. The zero-order chi connectivity index (χ0) is 14.7. The topological polar surface area (TPSA) is 48.9 Å². The molecule has 128 valence electrons. The number of aliphatic imine (C=N–C) groups is 1. The molecule has 3 fully saturated rings. The quantitative estimate of drug-likeness (QED) is 0.413. The van der Waals surface area contributed by atoms with Crippen LogP contribution >= 0.6 is 24.0 Å². The van der Waals surface area contributed by atoms with Gasteiger partial charge in [-0.25, -0.2) is 0 Å². The standard InChI is InChI=1S/C16H30N4O.HI/c1-13-11-14(13)19-15(17-2)18-12-16(5-9-21-10-6-16)20-7-3-4-8-20;/h13-14H,3-12H2,1-2H3,(H2,17,18,19);1H. The zero-order valence-corrected chi connectivity index (χ0v) is 16.3. The Morgan fingerprint density at radius 3 is 2.45 bits per heavy atom. The van der Waals surface area contributed by atoms with E-state index in [2.05, 4.69) is 27.4 Å². The van der Waals surface area contributed by atoms with Gasteiger partial charge < -0.3 is 15.4 Å². The number of rotatable bonds is 4. The van der Waals surface area contributed by atoms with Crippen molar-refractivity contribution >= 4 is 29.9 Å². The summed E-state index contributed by atoms with van der Waals surface area (Å²) in [6, 6.07) is 0.619. The van der Waals surface area contributed by atoms with E-state index in [-0.39, 0.29) is 29.5 Å². The molecule has 5 nitrogen and oxygen atoms in total. The molecule has 22 heavy (non-hydrogen) atoms. The van der Waals surface area contributed by atoms with Gasteiger partial charge in [-0.05, 0) is 51.1 Å². The summed E-state index contributed by atoms with van der Waals surface area (Å²) in [6.07, 6.45) is 6.23. The highest BCUT2D eigenvalue weighted by molar-refractivity contribution is 14.0. The van der Waals surface area contributed by atoms with Crippen LogP contribution in [0.1, 0.15) is 39.0 Å². The van der Waals surface area contributed by atoms with Gasteiger partial charge in [0.15, 0.2) is 5.96 Å². The molecule has 2 aliphatic heterocycles. The molecule has 1 aliphatic carbocycles. The number of guanidine groups is 1. The van der Waals surface area contributed by atoms with Crippen molar-refractivity contribution in [2.75, 3.05) is 39.9 Å². The summed E-state index contributed by atoms with van der Waals surface area (Å²) in [5, 5.41) is 7.12. The van der Waals surface area contributed by atoms with Crippen molar-refractivity contribution in [2.24, 2.45) is 10.9 Å². The third-order valence-corrected chi connectivity index (χ3v) is 5.44. The third kappa shape index (κ3) is 4.26. The predicted octanol–water partition coefficient (Wildman–Crippen LogP) is 1.82. The fourth-order valence-corrected chi connectivity index (χ4v) is 3.69. The van der Waals surface area contributed by atoms with Crippen molar-refractivity contribution < 1.29 is 4.74 Å². The van der Waals surface area contributed by atoms with E-state index in [4.69, 9.17) is 4.74 Å². The summed E-state index contributed by atoms with van der Waals surface area (Å²) < 4.78 is 5.61. The maximum atomic E-state index is 5.61. The Kier molecular flexibility index (Phi) is 6.76. The van der Waals surface area contributed by atoms with Gasteiger partial charge >= 0.3 is 0 Å². The van der Waals surface area contributed by atoms with Crippen molar-refractivity contribution in [2.45, 2.75) is 50.6 Å². The molecular formula is C16H31IN4O. The van der Waals surface area contributed by atoms with Crippen LogP contribution in [0.2, 0.25) is 0 Å². The molecule has 0 radical (unpaired) electrons. The Labute approximate surface area is 151 Å². The number of ether oxygens (including phenoxy) is 1. The molecule has 2 saturated heterocycles. The van der Waals surface area contributed by atoms with Gasteiger partial charge in [0.05, 0.1) is 0 Å². The summed E-state index contributed by atoms with van der Waals surface area (Å²) in [5.41, 5.74) is 0.265. The number of hydrogen-bond donors (Lipinski definition) is 2. The molecule has 0 spiro atoms. The number of halogens is 1. The second-order valence-corrected chi connectivity index (χ2v) is 6.92. The van der Waals surface area contributed by atoms with E-state index < -0.39 is 0 Å². The van der Waals surface area contributed by atoms with Gasteiger partial charge in [0.25, 0.3) is 0 Å². The molecule has 2 atom stereocenters. The molecule has 0 amide bonds. The average molecular weight is 422 g/mol. The van der Waals surface area contributed by atoms with Crippen LogP contribution in [-0.4, -0.2) is 62.3 Å². The molecule has 1 saturated carbocycles. The molecule has 6 heteroatoms. The minimum absolute atomic E-state index is 0. The Morgan fingerprint density at radius 1 is 1.27 bits per heavy atom. The van der Waals surface area contributed by atoms with Gasteiger partial charge in [-0.3, -0.25) is 9.89 Å². The van der Waals surface area contributed by atoms with Gasteiger partial charge in [-0.15, -0.1) is 24.0 Å². The SMILES string of the molecule is CN=C(NCC1(N2CCCC2)CCOCC1)NC1CC1C.I. The fraction of sp³-hybridized carbons (Fsp3) is 0.938. The molecular weight excluding hydrogens is 391 g/mol. The van der Waals surface area contributed by atoms with Crippen LogP contribution in [0.3, 0.4) is 0 Å². The molecule has 2 heterocycles. The van der Waals surface area contributed by atoms with Gasteiger partial charge in [-0.1, -0.05) is 6.92 Å². The molecule has 2 unspecified atom stereocenters. The first-order chi connectivity index (χ1) is 10.2. The molecule has 3 rings (SSSR count). The van der Waals surface area contributed by atoms with Crippen molar-refractivity contribution in [1.82, 2.24) is 15.5 Å². The highest BCUT2D eigenvalue weighted by Crippen LogP contribution is 2.31. The summed E-state index contributed by atoms with van der Waals surface area (Å²) in [7, 11) is 1.87. The highest BCUT2D eigenvalue weighted by atomic mass is 127. The summed E-state index contributed by atoms with van der Waals surface area (Å²) >= 11 is 0. The van der Waals surface area contributed by atoms with Gasteiger partial charge in [-0.2, -0.15) is 0 Å². The fourth-order valence-electron chi connectivity index (χ4n) is 3.69. The van der Waals surface area contributed by atoms with Crippen LogP contribution in [0.4, 0.5) is 0 Å². The molecule has 0 aromatic rings. The van der Waals surface area contributed by atoms with E-state index >= 15 is 0 Å². The predicted molar refractivity (Wildman–Crippen MR) is 101 cm³/mol. The first-order valence-corrected chi connectivity index (χ1v) is 8.53. The van der Waals surface area contributed by atoms with Crippen LogP contribution < -0.4 is 10.6 Å². The largest absolute Gasteiger partial charge is 0.381 e. The second kappa shape index (κ2) is 8.15. The van der Waals surface area contributed by atoms with Crippen molar-refractivity contribution in [3.05, 3.63) is 0 Å². The van der Waals surface area contributed by atoms with Crippen molar-refractivity contribution in [3.8, 4) is 0 Å². The number of hydrogen-bond acceptors (Lipinski definition) is 3. The van der Waals surface area contributed by atoms with E-state index in [1.807, 2.05) is 7.05 Å². The Morgan fingerprint density at radius 2 is 1.91 bits per heavy atom. The van der Waals surface area contributed by atoms with E-state index in [0.29, 0.717) is 6.04 Å². The average Bonchev–Trinajstić information content (AvgIpc) is 2.98. The minimum atomic E-state index is 0. The van der Waals surface area contributed by atoms with Crippen LogP contribution in [0.25, 0.3) is 0 Å². The van der Waals surface area contributed by atoms with Crippen molar-refractivity contribution in [3.63, 3.8) is 0 Å². The Bertz CT molecular complexity index is 378. The maximum Gasteiger partial charge on any atom is 0.191 e. The third-order valence-electron chi connectivity index (χ3n) is 5.44. The Balaban J connectivity index is 0.00000176. The van der Waals surface area contributed by atoms with E-state index in [1.54, 1.807) is 0 Å². The lowest BCUT2D eigenvalue weighted by molar-refractivity contribution is -0.0164. The van der Waals surface area contributed by atoms with Crippen LogP contribution in [0, 0.1) is 5.92 Å². The molecule has 0 bridgehead atoms. The Hall–Kier alpha value is -0.0800. The van der Waals surface area contributed by atoms with E-state index in [1.165, 1.54) is 32.4 Å². The monoisotopic (exact) mass is 422 g/mol. The van der Waals surface area contributed by atoms with Crippen LogP contribution in [0.15, 0.2) is 4.99 Å². The number of nitrogens with one attached hydrogen (secondary N) is 2. The number of likely N-dealkylation sites (tertiary alicyclic amines) is 1. The molecule has 2 N–H and O–H groups in total. The lowest BCUT2D eigenvalue weighted by Crippen LogP contribution is -2.58. The molecule has 0 aromatic heterocycles. The number of nitrogens with zero attached hydrogens (tertiary/aromatic N) is 2. The molecule has 0 aromatic carbocycles. The van der Waals surface area contributed by atoms with Crippen molar-refractivity contribution in [1.29, 1.82) is 0 Å². The van der Waals surface area contributed by atoms with E-state index in [9.17, 15) is 0 Å². The minimum Gasteiger partial charge on any atom is -0.381 e. The first kappa shape index (κ1) is 18.3. The normalized spacial score (nSPS) is 31.5. The summed E-state index contributed by atoms with van der Waals surface area (Å²) in [6.45, 7) is 7.54.